The van der Waals surface area contributed by atoms with Gasteiger partial charge in [-0.1, -0.05) is 62.7 Å². The van der Waals surface area contributed by atoms with Gasteiger partial charge in [-0.05, 0) is 11.0 Å². The Labute approximate surface area is 163 Å². The molecule has 7 heteroatoms. The Morgan fingerprint density at radius 1 is 1.37 bits per heavy atom. The van der Waals surface area contributed by atoms with Crippen molar-refractivity contribution in [3.05, 3.63) is 46.9 Å². The number of pyridine rings is 1. The number of hydrogen-bond donors (Lipinski definition) is 1. The number of nitrogens with zero attached hydrogens (tertiary/aromatic N) is 2. The monoisotopic (exact) mass is 389 g/mol. The second-order valence-corrected chi connectivity index (χ2v) is 7.49. The van der Waals surface area contributed by atoms with Crippen LogP contribution in [0.2, 0.25) is 5.15 Å². The maximum absolute atomic E-state index is 15.3. The maximum Gasteiger partial charge on any atom is 0.307 e. The molecule has 142 valence electrons. The van der Waals surface area contributed by atoms with Gasteiger partial charge in [0.15, 0.2) is 11.6 Å². The third kappa shape index (κ3) is 4.75. The van der Waals surface area contributed by atoms with Crippen LogP contribution in [0.4, 0.5) is 10.2 Å². The zero-order chi connectivity index (χ0) is 20.2. The molecule has 0 aliphatic rings. The van der Waals surface area contributed by atoms with E-state index >= 15 is 4.39 Å². The number of methoxy groups -OCH3 is 1. The van der Waals surface area contributed by atoms with Crippen LogP contribution in [0.1, 0.15) is 32.8 Å². The molecule has 1 aromatic carbocycles. The maximum atomic E-state index is 15.3. The van der Waals surface area contributed by atoms with Crippen molar-refractivity contribution in [3.63, 3.8) is 0 Å². The molecule has 0 fully saturated rings. The molecule has 0 amide bonds. The fraction of sp³-hybridized carbons (Fsp3) is 0.350. The molecule has 0 radical (unpaired) electrons. The lowest BCUT2D eigenvalue weighted by Crippen LogP contribution is -2.37. The summed E-state index contributed by atoms with van der Waals surface area (Å²) < 4.78 is 20.0. The molecular formula is C20H21ClFN3O2. The lowest BCUT2D eigenvalue weighted by Gasteiger charge is -2.31. The van der Waals surface area contributed by atoms with Gasteiger partial charge in [-0.2, -0.15) is 5.26 Å². The smallest absolute Gasteiger partial charge is 0.307 e. The molecule has 0 saturated heterocycles. The van der Waals surface area contributed by atoms with Crippen LogP contribution in [-0.4, -0.2) is 24.1 Å². The predicted octanol–water partition coefficient (Wildman–Crippen LogP) is 4.80. The first kappa shape index (κ1) is 20.7. The van der Waals surface area contributed by atoms with Crippen LogP contribution in [0.5, 0.6) is 0 Å². The molecule has 2 rings (SSSR count). The van der Waals surface area contributed by atoms with Crippen molar-refractivity contribution in [1.82, 2.24) is 4.98 Å². The number of aromatic nitrogens is 1. The molecule has 27 heavy (non-hydrogen) atoms. The fourth-order valence-electron chi connectivity index (χ4n) is 2.60. The summed E-state index contributed by atoms with van der Waals surface area (Å²) in [6.45, 7) is 5.73. The van der Waals surface area contributed by atoms with Crippen molar-refractivity contribution >= 4 is 23.4 Å². The van der Waals surface area contributed by atoms with E-state index in [0.717, 1.165) is 0 Å². The quantitative estimate of drug-likeness (QED) is 0.587. The lowest BCUT2D eigenvalue weighted by molar-refractivity contribution is -0.141. The number of carbonyl (C=O) groups excluding carboxylic acids is 1. The van der Waals surface area contributed by atoms with Gasteiger partial charge in [0.05, 0.1) is 13.5 Å². The second-order valence-electron chi connectivity index (χ2n) is 7.14. The molecule has 1 N–H and O–H groups in total. The van der Waals surface area contributed by atoms with Crippen molar-refractivity contribution < 1.29 is 13.9 Å². The third-order valence-electron chi connectivity index (χ3n) is 4.22. The van der Waals surface area contributed by atoms with Crippen molar-refractivity contribution in [2.75, 3.05) is 12.4 Å². The summed E-state index contributed by atoms with van der Waals surface area (Å²) in [5.41, 5.74) is 0.159. The average Bonchev–Trinajstić information content (AvgIpc) is 2.63. The number of nitrogens with one attached hydrogen (secondary N) is 1. The van der Waals surface area contributed by atoms with Crippen molar-refractivity contribution in [2.24, 2.45) is 5.41 Å². The number of anilines is 1. The molecule has 1 heterocycles. The summed E-state index contributed by atoms with van der Waals surface area (Å²) in [7, 11) is 1.30. The molecule has 0 saturated carbocycles. The summed E-state index contributed by atoms with van der Waals surface area (Å²) in [6, 6.07) is 10.1. The van der Waals surface area contributed by atoms with E-state index in [9.17, 15) is 10.1 Å². The predicted molar refractivity (Wildman–Crippen MR) is 103 cm³/mol. The number of nitriles is 1. The molecule has 1 unspecified atom stereocenters. The van der Waals surface area contributed by atoms with E-state index in [1.54, 1.807) is 30.3 Å². The number of carbonyl (C=O) groups is 1. The van der Waals surface area contributed by atoms with Crippen LogP contribution in [0.15, 0.2) is 30.3 Å². The standard InChI is InChI=1S/C20H21ClFN3O2/c1-20(2,3)14(10-15(26)27-4)24-19-17(22)16(12-8-6-5-7-9-12)13(11-23)18(21)25-19/h5-9,14H,10H2,1-4H3,(H,24,25). The van der Waals surface area contributed by atoms with Crippen LogP contribution in [0.3, 0.4) is 0 Å². The molecule has 0 aliphatic heterocycles. The lowest BCUT2D eigenvalue weighted by atomic mass is 9.84. The summed E-state index contributed by atoms with van der Waals surface area (Å²) >= 11 is 6.16. The van der Waals surface area contributed by atoms with Gasteiger partial charge in [0.25, 0.3) is 0 Å². The molecular weight excluding hydrogens is 369 g/mol. The number of hydrogen-bond acceptors (Lipinski definition) is 5. The van der Waals surface area contributed by atoms with Gasteiger partial charge in [0.2, 0.25) is 0 Å². The van der Waals surface area contributed by atoms with E-state index in [2.05, 4.69) is 10.3 Å². The van der Waals surface area contributed by atoms with Gasteiger partial charge in [-0.15, -0.1) is 0 Å². The third-order valence-corrected chi connectivity index (χ3v) is 4.50. The number of halogens is 2. The minimum absolute atomic E-state index is 0.0272. The molecule has 0 aliphatic carbocycles. The number of rotatable bonds is 5. The highest BCUT2D eigenvalue weighted by molar-refractivity contribution is 6.31. The summed E-state index contributed by atoms with van der Waals surface area (Å²) in [4.78, 5) is 15.8. The number of benzene rings is 1. The largest absolute Gasteiger partial charge is 0.469 e. The molecule has 2 aromatic rings. The molecule has 1 atom stereocenters. The summed E-state index contributed by atoms with van der Waals surface area (Å²) in [6.07, 6.45) is 0.0272. The van der Waals surface area contributed by atoms with E-state index in [4.69, 9.17) is 16.3 Å². The minimum atomic E-state index is -0.693. The highest BCUT2D eigenvalue weighted by Crippen LogP contribution is 2.35. The van der Waals surface area contributed by atoms with Crippen LogP contribution in [-0.2, 0) is 9.53 Å². The highest BCUT2D eigenvalue weighted by Gasteiger charge is 2.30. The topological polar surface area (TPSA) is 75.0 Å². The van der Waals surface area contributed by atoms with Crippen LogP contribution in [0.25, 0.3) is 11.1 Å². The highest BCUT2D eigenvalue weighted by atomic mass is 35.5. The first-order chi connectivity index (χ1) is 12.7. The van der Waals surface area contributed by atoms with E-state index in [-0.39, 0.29) is 28.5 Å². The minimum Gasteiger partial charge on any atom is -0.469 e. The summed E-state index contributed by atoms with van der Waals surface area (Å²) in [5.74, 6) is -1.23. The van der Waals surface area contributed by atoms with Crippen LogP contribution < -0.4 is 5.32 Å². The molecule has 0 bridgehead atoms. The number of ether oxygens (including phenoxy) is 1. The van der Waals surface area contributed by atoms with E-state index in [1.807, 2.05) is 26.8 Å². The van der Waals surface area contributed by atoms with Crippen molar-refractivity contribution in [1.29, 1.82) is 5.26 Å². The van der Waals surface area contributed by atoms with Crippen LogP contribution in [0, 0.1) is 22.6 Å². The molecule has 1 aromatic heterocycles. The number of esters is 1. The Bertz CT molecular complexity index is 874. The van der Waals surface area contributed by atoms with E-state index < -0.39 is 23.2 Å². The van der Waals surface area contributed by atoms with Gasteiger partial charge in [-0.25, -0.2) is 9.37 Å². The van der Waals surface area contributed by atoms with Crippen molar-refractivity contribution in [3.8, 4) is 17.2 Å². The van der Waals surface area contributed by atoms with Gasteiger partial charge in [0.1, 0.15) is 16.8 Å². The van der Waals surface area contributed by atoms with E-state index in [1.165, 1.54) is 7.11 Å². The van der Waals surface area contributed by atoms with E-state index in [0.29, 0.717) is 5.56 Å². The summed E-state index contributed by atoms with van der Waals surface area (Å²) in [5, 5.41) is 12.3. The Hall–Kier alpha value is -2.65. The molecule has 0 spiro atoms. The zero-order valence-electron chi connectivity index (χ0n) is 15.6. The van der Waals surface area contributed by atoms with Crippen LogP contribution >= 0.6 is 11.6 Å². The SMILES string of the molecule is COC(=O)CC(Nc1nc(Cl)c(C#N)c(-c2ccccc2)c1F)C(C)(C)C. The molecule has 5 nitrogen and oxygen atoms in total. The van der Waals surface area contributed by atoms with Crippen molar-refractivity contribution in [2.45, 2.75) is 33.2 Å². The Morgan fingerprint density at radius 2 is 2.00 bits per heavy atom. The zero-order valence-corrected chi connectivity index (χ0v) is 16.4. The first-order valence-corrected chi connectivity index (χ1v) is 8.74. The van der Waals surface area contributed by atoms with Gasteiger partial charge < -0.3 is 10.1 Å². The average molecular weight is 390 g/mol. The van der Waals surface area contributed by atoms with Gasteiger partial charge in [0, 0.05) is 11.6 Å². The Morgan fingerprint density at radius 3 is 2.52 bits per heavy atom. The van der Waals surface area contributed by atoms with Gasteiger partial charge >= 0.3 is 5.97 Å². The fourth-order valence-corrected chi connectivity index (χ4v) is 2.82. The Balaban J connectivity index is 2.56. The van der Waals surface area contributed by atoms with Gasteiger partial charge in [-0.3, -0.25) is 4.79 Å². The normalized spacial score (nSPS) is 12.2. The second kappa shape index (κ2) is 8.36. The Kier molecular flexibility index (Phi) is 6.40. The first-order valence-electron chi connectivity index (χ1n) is 8.37.